The Morgan fingerprint density at radius 1 is 1.21 bits per heavy atom. The van der Waals surface area contributed by atoms with Gasteiger partial charge < -0.3 is 14.8 Å². The van der Waals surface area contributed by atoms with Crippen LogP contribution in [0.1, 0.15) is 31.7 Å². The molecule has 148 valence electrons. The smallest absolute Gasteiger partial charge is 0.344 e. The van der Waals surface area contributed by atoms with Gasteiger partial charge in [0, 0.05) is 12.1 Å². The standard InChI is InChI=1S/C18H20N4O6/c23-17(20-16-9-10-19-21(16)13-5-1-2-6-13)11-28-18(24)12-27-15-8-4-3-7-14(15)22(25)26/h3-4,7-10,13H,1-2,5-6,11-12H2,(H,20,23). The Kier molecular flexibility index (Phi) is 6.20. The Morgan fingerprint density at radius 3 is 2.71 bits per heavy atom. The predicted molar refractivity (Wildman–Crippen MR) is 97.9 cm³/mol. The first-order chi connectivity index (χ1) is 13.5. The van der Waals surface area contributed by atoms with Crippen LogP contribution in [0.3, 0.4) is 0 Å². The summed E-state index contributed by atoms with van der Waals surface area (Å²) in [5, 5.41) is 17.8. The molecule has 0 aliphatic heterocycles. The molecule has 10 nitrogen and oxygen atoms in total. The summed E-state index contributed by atoms with van der Waals surface area (Å²) in [4.78, 5) is 34.1. The average Bonchev–Trinajstić information content (AvgIpc) is 3.36. The zero-order chi connectivity index (χ0) is 19.9. The van der Waals surface area contributed by atoms with Gasteiger partial charge in [0.05, 0.1) is 17.2 Å². The lowest BCUT2D eigenvalue weighted by Gasteiger charge is -2.14. The number of aromatic nitrogens is 2. The maximum atomic E-state index is 12.0. The zero-order valence-corrected chi connectivity index (χ0v) is 15.1. The molecule has 0 atom stereocenters. The van der Waals surface area contributed by atoms with Crippen LogP contribution in [0.15, 0.2) is 36.5 Å². The molecule has 0 saturated heterocycles. The third-order valence-electron chi connectivity index (χ3n) is 4.38. The minimum atomic E-state index is -0.808. The number of amides is 1. The number of ether oxygens (including phenoxy) is 2. The monoisotopic (exact) mass is 388 g/mol. The molecule has 1 aliphatic carbocycles. The van der Waals surface area contributed by atoms with Gasteiger partial charge in [0.15, 0.2) is 19.0 Å². The highest BCUT2D eigenvalue weighted by molar-refractivity contribution is 5.92. The topological polar surface area (TPSA) is 126 Å². The fraction of sp³-hybridized carbons (Fsp3) is 0.389. The number of nitrogens with zero attached hydrogens (tertiary/aromatic N) is 3. The Bertz CT molecular complexity index is 859. The molecule has 1 amide bonds. The average molecular weight is 388 g/mol. The number of rotatable bonds is 8. The number of para-hydroxylation sites is 2. The fourth-order valence-electron chi connectivity index (χ4n) is 3.09. The summed E-state index contributed by atoms with van der Waals surface area (Å²) in [5.74, 6) is -0.796. The van der Waals surface area contributed by atoms with E-state index in [0.717, 1.165) is 25.7 Å². The van der Waals surface area contributed by atoms with Crippen LogP contribution in [0.2, 0.25) is 0 Å². The van der Waals surface area contributed by atoms with Gasteiger partial charge in [-0.2, -0.15) is 5.10 Å². The Morgan fingerprint density at radius 2 is 1.96 bits per heavy atom. The van der Waals surface area contributed by atoms with Gasteiger partial charge in [0.1, 0.15) is 5.82 Å². The molecule has 10 heteroatoms. The molecule has 0 spiro atoms. The molecule has 0 radical (unpaired) electrons. The third-order valence-corrected chi connectivity index (χ3v) is 4.38. The van der Waals surface area contributed by atoms with E-state index in [9.17, 15) is 19.7 Å². The number of anilines is 1. The van der Waals surface area contributed by atoms with Crippen molar-refractivity contribution in [1.82, 2.24) is 9.78 Å². The van der Waals surface area contributed by atoms with E-state index < -0.39 is 30.0 Å². The first-order valence-electron chi connectivity index (χ1n) is 8.90. The maximum Gasteiger partial charge on any atom is 0.344 e. The molecule has 1 aromatic heterocycles. The molecule has 1 N–H and O–H groups in total. The van der Waals surface area contributed by atoms with Crippen LogP contribution in [-0.4, -0.2) is 39.8 Å². The number of nitro benzene ring substituents is 1. The highest BCUT2D eigenvalue weighted by Crippen LogP contribution is 2.31. The molecule has 2 aromatic rings. The van der Waals surface area contributed by atoms with Crippen molar-refractivity contribution in [3.8, 4) is 5.75 Å². The van der Waals surface area contributed by atoms with Gasteiger partial charge in [-0.25, -0.2) is 9.48 Å². The predicted octanol–water partition coefficient (Wildman–Crippen LogP) is 2.47. The first kappa shape index (κ1) is 19.3. The van der Waals surface area contributed by atoms with Crippen LogP contribution in [0.5, 0.6) is 5.75 Å². The van der Waals surface area contributed by atoms with Crippen LogP contribution in [-0.2, 0) is 14.3 Å². The van der Waals surface area contributed by atoms with E-state index in [1.165, 1.54) is 18.2 Å². The summed E-state index contributed by atoms with van der Waals surface area (Å²) in [5.41, 5.74) is -0.256. The van der Waals surface area contributed by atoms with Crippen molar-refractivity contribution in [3.05, 3.63) is 46.6 Å². The Balaban J connectivity index is 1.46. The molecule has 1 fully saturated rings. The summed E-state index contributed by atoms with van der Waals surface area (Å²) in [6.07, 6.45) is 5.91. The SMILES string of the molecule is O=C(COC(=O)COc1ccccc1[N+](=O)[O-])Nc1ccnn1C1CCCC1. The van der Waals surface area contributed by atoms with Crippen molar-refractivity contribution >= 4 is 23.4 Å². The van der Waals surface area contributed by atoms with Crippen LogP contribution < -0.4 is 10.1 Å². The maximum absolute atomic E-state index is 12.0. The van der Waals surface area contributed by atoms with Gasteiger partial charge >= 0.3 is 11.7 Å². The molecule has 1 saturated carbocycles. The van der Waals surface area contributed by atoms with Gasteiger partial charge in [-0.3, -0.25) is 14.9 Å². The molecule has 3 rings (SSSR count). The molecule has 0 unspecified atom stereocenters. The van der Waals surface area contributed by atoms with Gasteiger partial charge in [-0.15, -0.1) is 0 Å². The molecule has 1 aromatic carbocycles. The van der Waals surface area contributed by atoms with E-state index in [1.54, 1.807) is 23.0 Å². The summed E-state index contributed by atoms with van der Waals surface area (Å²) in [6.45, 7) is -1.03. The van der Waals surface area contributed by atoms with Crippen LogP contribution in [0.4, 0.5) is 11.5 Å². The normalized spacial score (nSPS) is 13.9. The number of esters is 1. The lowest BCUT2D eigenvalue weighted by molar-refractivity contribution is -0.385. The fourth-order valence-corrected chi connectivity index (χ4v) is 3.09. The number of hydrogen-bond donors (Lipinski definition) is 1. The number of benzene rings is 1. The van der Waals surface area contributed by atoms with E-state index >= 15 is 0 Å². The number of carbonyl (C=O) groups is 2. The second kappa shape index (κ2) is 8.98. The van der Waals surface area contributed by atoms with E-state index in [2.05, 4.69) is 10.4 Å². The van der Waals surface area contributed by atoms with E-state index in [1.807, 2.05) is 0 Å². The first-order valence-corrected chi connectivity index (χ1v) is 8.90. The van der Waals surface area contributed by atoms with Crippen molar-refractivity contribution in [3.63, 3.8) is 0 Å². The van der Waals surface area contributed by atoms with Crippen LogP contribution in [0.25, 0.3) is 0 Å². The lowest BCUT2D eigenvalue weighted by atomic mass is 10.2. The third kappa shape index (κ3) is 4.84. The van der Waals surface area contributed by atoms with Crippen molar-refractivity contribution in [2.75, 3.05) is 18.5 Å². The zero-order valence-electron chi connectivity index (χ0n) is 15.1. The van der Waals surface area contributed by atoms with Crippen molar-refractivity contribution < 1.29 is 24.0 Å². The summed E-state index contributed by atoms with van der Waals surface area (Å²) in [7, 11) is 0. The Hall–Kier alpha value is -3.43. The van der Waals surface area contributed by atoms with Gasteiger partial charge in [-0.05, 0) is 18.9 Å². The number of carbonyl (C=O) groups excluding carboxylic acids is 2. The molecule has 1 aliphatic rings. The number of nitrogens with one attached hydrogen (secondary N) is 1. The van der Waals surface area contributed by atoms with Crippen molar-refractivity contribution in [2.24, 2.45) is 0 Å². The number of hydrogen-bond acceptors (Lipinski definition) is 7. The van der Waals surface area contributed by atoms with Gasteiger partial charge in [0.25, 0.3) is 5.91 Å². The molecule has 1 heterocycles. The second-order valence-corrected chi connectivity index (χ2v) is 6.32. The molecular formula is C18H20N4O6. The number of nitro groups is 1. The summed E-state index contributed by atoms with van der Waals surface area (Å²) >= 11 is 0. The van der Waals surface area contributed by atoms with Gasteiger partial charge in [0.2, 0.25) is 0 Å². The van der Waals surface area contributed by atoms with Crippen molar-refractivity contribution in [1.29, 1.82) is 0 Å². The van der Waals surface area contributed by atoms with Crippen LogP contribution >= 0.6 is 0 Å². The second-order valence-electron chi connectivity index (χ2n) is 6.32. The van der Waals surface area contributed by atoms with E-state index in [0.29, 0.717) is 5.82 Å². The minimum absolute atomic E-state index is 0.0469. The molecular weight excluding hydrogens is 368 g/mol. The quantitative estimate of drug-likeness (QED) is 0.418. The minimum Gasteiger partial charge on any atom is -0.475 e. The summed E-state index contributed by atoms with van der Waals surface area (Å²) < 4.78 is 11.8. The molecule has 28 heavy (non-hydrogen) atoms. The van der Waals surface area contributed by atoms with Gasteiger partial charge in [-0.1, -0.05) is 25.0 Å². The van der Waals surface area contributed by atoms with E-state index in [4.69, 9.17) is 9.47 Å². The molecule has 0 bridgehead atoms. The summed E-state index contributed by atoms with van der Waals surface area (Å²) in [6, 6.07) is 7.64. The largest absolute Gasteiger partial charge is 0.475 e. The van der Waals surface area contributed by atoms with E-state index in [-0.39, 0.29) is 17.5 Å². The Labute approximate surface area is 160 Å². The van der Waals surface area contributed by atoms with Crippen molar-refractivity contribution in [2.45, 2.75) is 31.7 Å². The lowest BCUT2D eigenvalue weighted by Crippen LogP contribution is -2.25. The highest BCUT2D eigenvalue weighted by Gasteiger charge is 2.21. The van der Waals surface area contributed by atoms with Crippen LogP contribution in [0, 0.1) is 10.1 Å². The highest BCUT2D eigenvalue weighted by atomic mass is 16.6.